The number of amides is 1. The van der Waals surface area contributed by atoms with Gasteiger partial charge in [-0.25, -0.2) is 4.79 Å². The van der Waals surface area contributed by atoms with Gasteiger partial charge in [0.1, 0.15) is 0 Å². The van der Waals surface area contributed by atoms with Crippen molar-refractivity contribution in [3.05, 3.63) is 73.6 Å². The molecular formula is C22H22ClN3O5. The van der Waals surface area contributed by atoms with Crippen molar-refractivity contribution in [3.8, 4) is 11.1 Å². The van der Waals surface area contributed by atoms with Gasteiger partial charge in [0.05, 0.1) is 11.5 Å². The van der Waals surface area contributed by atoms with E-state index < -0.39 is 16.6 Å². The molecule has 0 aliphatic heterocycles. The van der Waals surface area contributed by atoms with Crippen LogP contribution in [-0.2, 0) is 13.6 Å². The molecule has 0 aliphatic carbocycles. The largest absolute Gasteiger partial charge is 0.465 e. The number of pyridine rings is 1. The number of hydrogen-bond acceptors (Lipinski definition) is 4. The van der Waals surface area contributed by atoms with Gasteiger partial charge in [-0.15, -0.1) is 0 Å². The Bertz CT molecular complexity index is 1260. The second kappa shape index (κ2) is 8.03. The molecule has 1 N–H and O–H groups in total. The van der Waals surface area contributed by atoms with Crippen molar-refractivity contribution in [1.82, 2.24) is 9.47 Å². The summed E-state index contributed by atoms with van der Waals surface area (Å²) in [5.74, 6) is 0. The minimum absolute atomic E-state index is 0.0922. The summed E-state index contributed by atoms with van der Waals surface area (Å²) in [5.41, 5.74) is 0.265. The fourth-order valence-corrected chi connectivity index (χ4v) is 3.73. The number of rotatable bonds is 4. The third kappa shape index (κ3) is 4.25. The Balaban J connectivity index is 2.43. The summed E-state index contributed by atoms with van der Waals surface area (Å²) < 4.78 is 1.39. The Hall–Kier alpha value is -3.39. The normalized spacial score (nSPS) is 11.5. The molecule has 9 heteroatoms. The van der Waals surface area contributed by atoms with E-state index in [1.807, 2.05) is 0 Å². The number of carboxylic acid groups (broad SMARTS) is 1. The molecule has 1 heterocycles. The molecule has 0 fully saturated rings. The first-order valence-corrected chi connectivity index (χ1v) is 9.86. The predicted octanol–water partition coefficient (Wildman–Crippen LogP) is 5.05. The molecular weight excluding hydrogens is 422 g/mol. The molecule has 0 radical (unpaired) electrons. The summed E-state index contributed by atoms with van der Waals surface area (Å²) in [5, 5.41) is 22.4. The summed E-state index contributed by atoms with van der Waals surface area (Å²) in [6, 6.07) is 10.9. The van der Waals surface area contributed by atoms with Crippen molar-refractivity contribution in [2.45, 2.75) is 32.9 Å². The van der Waals surface area contributed by atoms with Gasteiger partial charge in [-0.2, -0.15) is 0 Å². The molecule has 1 amide bonds. The molecule has 3 rings (SSSR count). The first kappa shape index (κ1) is 22.3. The summed E-state index contributed by atoms with van der Waals surface area (Å²) in [6.07, 6.45) is -1.14. The number of halogens is 1. The van der Waals surface area contributed by atoms with Crippen molar-refractivity contribution >= 4 is 34.2 Å². The van der Waals surface area contributed by atoms with E-state index in [0.29, 0.717) is 32.6 Å². The maximum absolute atomic E-state index is 13.1. The lowest BCUT2D eigenvalue weighted by Crippen LogP contribution is -2.45. The highest BCUT2D eigenvalue weighted by Crippen LogP contribution is 2.35. The highest BCUT2D eigenvalue weighted by Gasteiger charge is 2.29. The highest BCUT2D eigenvalue weighted by atomic mass is 35.5. The van der Waals surface area contributed by atoms with Gasteiger partial charge < -0.3 is 9.67 Å². The Morgan fingerprint density at radius 2 is 1.87 bits per heavy atom. The molecule has 0 unspecified atom stereocenters. The molecule has 3 aromatic rings. The second-order valence-corrected chi connectivity index (χ2v) is 8.66. The van der Waals surface area contributed by atoms with Gasteiger partial charge in [0.15, 0.2) is 0 Å². The van der Waals surface area contributed by atoms with Crippen LogP contribution in [0.15, 0.2) is 47.3 Å². The van der Waals surface area contributed by atoms with Crippen molar-refractivity contribution in [2.75, 3.05) is 0 Å². The van der Waals surface area contributed by atoms with Gasteiger partial charge in [0.2, 0.25) is 0 Å². The van der Waals surface area contributed by atoms with Crippen molar-refractivity contribution in [3.63, 3.8) is 0 Å². The fraction of sp³-hybridized carbons (Fsp3) is 0.273. The summed E-state index contributed by atoms with van der Waals surface area (Å²) in [4.78, 5) is 37.1. The van der Waals surface area contributed by atoms with E-state index in [-0.39, 0.29) is 17.8 Å². The average Bonchev–Trinajstić information content (AvgIpc) is 2.68. The maximum atomic E-state index is 13.1. The van der Waals surface area contributed by atoms with E-state index in [4.69, 9.17) is 11.6 Å². The van der Waals surface area contributed by atoms with Crippen molar-refractivity contribution in [2.24, 2.45) is 7.05 Å². The SMILES string of the molecule is Cn1c(CN(C(=O)O)C(C)(C)C)c(-c2cccc([N+](=O)[O-])c2)c2cc(Cl)ccc2c1=O. The molecule has 0 bridgehead atoms. The lowest BCUT2D eigenvalue weighted by molar-refractivity contribution is -0.384. The standard InChI is InChI=1S/C22H22ClN3O5/c1-22(2,3)25(21(28)29)12-18-19(13-6-5-7-15(10-13)26(30)31)17-11-14(23)8-9-16(17)20(27)24(18)4/h5-11H,12H2,1-4H3,(H,28,29). The quantitative estimate of drug-likeness (QED) is 0.448. The van der Waals surface area contributed by atoms with E-state index >= 15 is 0 Å². The third-order valence-electron chi connectivity index (χ3n) is 5.17. The van der Waals surface area contributed by atoms with Gasteiger partial charge in [-0.3, -0.25) is 19.8 Å². The van der Waals surface area contributed by atoms with Crippen LogP contribution in [0.1, 0.15) is 26.5 Å². The molecule has 8 nitrogen and oxygen atoms in total. The number of nitrogens with zero attached hydrogens (tertiary/aromatic N) is 3. The Kier molecular flexibility index (Phi) is 5.78. The Morgan fingerprint density at radius 1 is 1.19 bits per heavy atom. The zero-order valence-electron chi connectivity index (χ0n) is 17.5. The van der Waals surface area contributed by atoms with Crippen LogP contribution in [0, 0.1) is 10.1 Å². The van der Waals surface area contributed by atoms with Crippen LogP contribution < -0.4 is 5.56 Å². The van der Waals surface area contributed by atoms with E-state index in [1.165, 1.54) is 21.6 Å². The number of aromatic nitrogens is 1. The minimum Gasteiger partial charge on any atom is -0.465 e. The second-order valence-electron chi connectivity index (χ2n) is 8.22. The van der Waals surface area contributed by atoms with Crippen LogP contribution in [-0.4, -0.2) is 31.1 Å². The van der Waals surface area contributed by atoms with Gasteiger partial charge in [-0.1, -0.05) is 23.7 Å². The minimum atomic E-state index is -1.14. The molecule has 0 spiro atoms. The van der Waals surface area contributed by atoms with E-state index in [1.54, 1.807) is 58.2 Å². The summed E-state index contributed by atoms with van der Waals surface area (Å²) in [7, 11) is 1.56. The van der Waals surface area contributed by atoms with Crippen LogP contribution in [0.25, 0.3) is 21.9 Å². The summed E-state index contributed by atoms with van der Waals surface area (Å²) >= 11 is 6.21. The van der Waals surface area contributed by atoms with Gasteiger partial charge in [-0.05, 0) is 49.9 Å². The van der Waals surface area contributed by atoms with Crippen LogP contribution >= 0.6 is 11.6 Å². The smallest absolute Gasteiger partial charge is 0.408 e. The molecule has 0 atom stereocenters. The number of fused-ring (bicyclic) bond motifs is 1. The van der Waals surface area contributed by atoms with Gasteiger partial charge >= 0.3 is 6.09 Å². The number of nitro benzene ring substituents is 1. The van der Waals surface area contributed by atoms with E-state index in [2.05, 4.69) is 0 Å². The van der Waals surface area contributed by atoms with E-state index in [9.17, 15) is 24.8 Å². The topological polar surface area (TPSA) is 106 Å². The lowest BCUT2D eigenvalue weighted by Gasteiger charge is -2.34. The van der Waals surface area contributed by atoms with Gasteiger partial charge in [0, 0.05) is 46.4 Å². The van der Waals surface area contributed by atoms with Crippen molar-refractivity contribution < 1.29 is 14.8 Å². The van der Waals surface area contributed by atoms with Crippen molar-refractivity contribution in [1.29, 1.82) is 0 Å². The first-order valence-electron chi connectivity index (χ1n) is 9.48. The van der Waals surface area contributed by atoms with E-state index in [0.717, 1.165) is 0 Å². The van der Waals surface area contributed by atoms with Crippen LogP contribution in [0.2, 0.25) is 5.02 Å². The Morgan fingerprint density at radius 3 is 2.45 bits per heavy atom. The zero-order valence-corrected chi connectivity index (χ0v) is 18.3. The number of non-ortho nitro benzene ring substituents is 1. The fourth-order valence-electron chi connectivity index (χ4n) is 3.56. The number of benzene rings is 2. The molecule has 0 saturated carbocycles. The maximum Gasteiger partial charge on any atom is 0.408 e. The number of carbonyl (C=O) groups is 1. The number of nitro groups is 1. The number of hydrogen-bond donors (Lipinski definition) is 1. The van der Waals surface area contributed by atoms with Crippen LogP contribution in [0.3, 0.4) is 0 Å². The molecule has 31 heavy (non-hydrogen) atoms. The summed E-state index contributed by atoms with van der Waals surface area (Å²) in [6.45, 7) is 5.17. The van der Waals surface area contributed by atoms with Crippen LogP contribution in [0.4, 0.5) is 10.5 Å². The zero-order chi connectivity index (χ0) is 23.1. The third-order valence-corrected chi connectivity index (χ3v) is 5.41. The van der Waals surface area contributed by atoms with Crippen LogP contribution in [0.5, 0.6) is 0 Å². The Labute approximate surface area is 183 Å². The molecule has 0 saturated heterocycles. The lowest BCUT2D eigenvalue weighted by atomic mass is 9.95. The predicted molar refractivity (Wildman–Crippen MR) is 120 cm³/mol. The molecule has 162 valence electrons. The van der Waals surface area contributed by atoms with Gasteiger partial charge in [0.25, 0.3) is 11.2 Å². The molecule has 0 aliphatic rings. The molecule has 2 aromatic carbocycles. The monoisotopic (exact) mass is 443 g/mol. The first-order chi connectivity index (χ1) is 14.4. The molecule has 1 aromatic heterocycles. The highest BCUT2D eigenvalue weighted by molar-refractivity contribution is 6.31. The average molecular weight is 444 g/mol.